The van der Waals surface area contributed by atoms with Gasteiger partial charge in [-0.2, -0.15) is 11.8 Å². The normalized spacial score (nSPS) is 21.7. The fraction of sp³-hybridized carbons (Fsp3) is 0.316. The van der Waals surface area contributed by atoms with Crippen LogP contribution in [0, 0.1) is 0 Å². The zero-order chi connectivity index (χ0) is 19.6. The molecule has 142 valence electrons. The molecule has 1 aromatic rings. The van der Waals surface area contributed by atoms with E-state index < -0.39 is 12.0 Å². The number of nitrogens with zero attached hydrogens (tertiary/aromatic N) is 1. The maximum absolute atomic E-state index is 12.9. The van der Waals surface area contributed by atoms with Crippen LogP contribution in [0.5, 0.6) is 5.75 Å². The molecule has 0 bridgehead atoms. The minimum absolute atomic E-state index is 0.213. The molecule has 1 aromatic carbocycles. The number of carboxylic acid groups (broad SMARTS) is 1. The van der Waals surface area contributed by atoms with Crippen molar-refractivity contribution in [3.8, 4) is 5.75 Å². The first-order valence-corrected chi connectivity index (χ1v) is 11.0. The molecule has 8 heteroatoms. The summed E-state index contributed by atoms with van der Waals surface area (Å²) in [6.07, 6.45) is 5.78. The van der Waals surface area contributed by atoms with Crippen LogP contribution in [0.15, 0.2) is 40.8 Å². The van der Waals surface area contributed by atoms with Crippen molar-refractivity contribution in [1.82, 2.24) is 4.90 Å². The van der Waals surface area contributed by atoms with E-state index in [0.717, 1.165) is 28.6 Å². The highest BCUT2D eigenvalue weighted by atomic mass is 32.2. The van der Waals surface area contributed by atoms with Crippen LogP contribution < -0.4 is 4.74 Å². The molecule has 0 unspecified atom stereocenters. The summed E-state index contributed by atoms with van der Waals surface area (Å²) in [5.41, 5.74) is 1.80. The Hall–Kier alpha value is -1.77. The van der Waals surface area contributed by atoms with Gasteiger partial charge in [0, 0.05) is 5.56 Å². The monoisotopic (exact) mass is 421 g/mol. The molecule has 2 heterocycles. The lowest BCUT2D eigenvalue weighted by atomic mass is 10.0. The molecule has 27 heavy (non-hydrogen) atoms. The highest BCUT2D eigenvalue weighted by Crippen LogP contribution is 2.37. The smallest absolute Gasteiger partial charge is 0.326 e. The Morgan fingerprint density at radius 3 is 2.93 bits per heavy atom. The summed E-state index contributed by atoms with van der Waals surface area (Å²) in [6, 6.07) is 6.75. The maximum atomic E-state index is 12.9. The Morgan fingerprint density at radius 2 is 2.22 bits per heavy atom. The third kappa shape index (κ3) is 4.23. The number of carboxylic acids is 1. The maximum Gasteiger partial charge on any atom is 0.326 e. The number of para-hydroxylation sites is 1. The standard InChI is InChI=1S/C19H19NO4S3/c1-11-13(9-12-5-3-4-6-15(12)24-11)10-16-17(21)20(19(25)27-16)14(18(22)23)7-8-26-2/h3-6,9-11,14H,7-8H2,1-2H3,(H,22,23)/b16-10+/t11-,14+/m0/s1. The highest BCUT2D eigenvalue weighted by Gasteiger charge is 2.40. The fourth-order valence-corrected chi connectivity index (χ4v) is 4.73. The summed E-state index contributed by atoms with van der Waals surface area (Å²) in [6.45, 7) is 1.91. The molecule has 0 aliphatic carbocycles. The SMILES string of the molecule is CSCC[C@H](C(=O)O)N1C(=O)/C(=C\C2=Cc3ccccc3O[C@H]2C)SC1=S. The van der Waals surface area contributed by atoms with Gasteiger partial charge in [-0.1, -0.05) is 42.2 Å². The quantitative estimate of drug-likeness (QED) is 0.553. The predicted molar refractivity (Wildman–Crippen MR) is 114 cm³/mol. The molecular weight excluding hydrogens is 402 g/mol. The molecule has 2 atom stereocenters. The van der Waals surface area contributed by atoms with Crippen LogP contribution in [0.3, 0.4) is 0 Å². The van der Waals surface area contributed by atoms with Crippen LogP contribution in [0.2, 0.25) is 0 Å². The first-order valence-electron chi connectivity index (χ1n) is 8.38. The van der Waals surface area contributed by atoms with Crippen molar-refractivity contribution in [2.75, 3.05) is 12.0 Å². The molecule has 0 saturated carbocycles. The molecule has 1 saturated heterocycles. The van der Waals surface area contributed by atoms with E-state index in [0.29, 0.717) is 17.1 Å². The fourth-order valence-electron chi connectivity index (χ4n) is 2.91. The molecule has 0 aromatic heterocycles. The average molecular weight is 422 g/mol. The summed E-state index contributed by atoms with van der Waals surface area (Å²) in [7, 11) is 0. The molecule has 0 radical (unpaired) electrons. The van der Waals surface area contributed by atoms with Gasteiger partial charge in [-0.25, -0.2) is 4.79 Å². The van der Waals surface area contributed by atoms with Gasteiger partial charge in [0.2, 0.25) is 0 Å². The molecule has 0 spiro atoms. The van der Waals surface area contributed by atoms with Gasteiger partial charge in [-0.15, -0.1) is 0 Å². The van der Waals surface area contributed by atoms with Gasteiger partial charge < -0.3 is 9.84 Å². The summed E-state index contributed by atoms with van der Waals surface area (Å²) in [5, 5.41) is 9.53. The number of ether oxygens (including phenoxy) is 1. The molecule has 3 rings (SSSR count). The van der Waals surface area contributed by atoms with E-state index in [-0.39, 0.29) is 16.3 Å². The Balaban J connectivity index is 1.88. The van der Waals surface area contributed by atoms with Gasteiger partial charge in [-0.05, 0) is 49.1 Å². The van der Waals surface area contributed by atoms with Gasteiger partial charge >= 0.3 is 5.97 Å². The molecule has 1 amide bonds. The number of benzene rings is 1. The number of hydrogen-bond donors (Lipinski definition) is 1. The number of thiocarbonyl (C=S) groups is 1. The van der Waals surface area contributed by atoms with E-state index in [9.17, 15) is 14.7 Å². The summed E-state index contributed by atoms with van der Waals surface area (Å²) in [4.78, 5) is 26.2. The number of aliphatic carboxylic acids is 1. The first-order chi connectivity index (χ1) is 12.9. The van der Waals surface area contributed by atoms with Crippen LogP contribution in [-0.2, 0) is 9.59 Å². The molecule has 1 N–H and O–H groups in total. The van der Waals surface area contributed by atoms with Crippen LogP contribution in [0.1, 0.15) is 18.9 Å². The number of hydrogen-bond acceptors (Lipinski definition) is 6. The zero-order valence-corrected chi connectivity index (χ0v) is 17.3. The van der Waals surface area contributed by atoms with Gasteiger partial charge in [-0.3, -0.25) is 9.69 Å². The molecule has 5 nitrogen and oxygen atoms in total. The second-order valence-corrected chi connectivity index (χ2v) is 8.79. The van der Waals surface area contributed by atoms with Crippen LogP contribution in [-0.4, -0.2) is 50.4 Å². The van der Waals surface area contributed by atoms with Crippen LogP contribution >= 0.6 is 35.7 Å². The predicted octanol–water partition coefficient (Wildman–Crippen LogP) is 3.80. The van der Waals surface area contributed by atoms with Gasteiger partial charge in [0.25, 0.3) is 5.91 Å². The van der Waals surface area contributed by atoms with E-state index in [1.54, 1.807) is 17.8 Å². The topological polar surface area (TPSA) is 66.8 Å². The number of thioether (sulfide) groups is 2. The van der Waals surface area contributed by atoms with E-state index >= 15 is 0 Å². The lowest BCUT2D eigenvalue weighted by molar-refractivity contribution is -0.145. The van der Waals surface area contributed by atoms with Crippen molar-refractivity contribution in [1.29, 1.82) is 0 Å². The summed E-state index contributed by atoms with van der Waals surface area (Å²) >= 11 is 7.99. The van der Waals surface area contributed by atoms with Crippen LogP contribution in [0.25, 0.3) is 6.08 Å². The third-order valence-electron chi connectivity index (χ3n) is 4.33. The Labute approximate surface area is 171 Å². The number of rotatable bonds is 6. The van der Waals surface area contributed by atoms with Gasteiger partial charge in [0.05, 0.1) is 4.91 Å². The average Bonchev–Trinajstić information content (AvgIpc) is 2.90. The zero-order valence-electron chi connectivity index (χ0n) is 14.9. The Kier molecular flexibility index (Phi) is 6.29. The van der Waals surface area contributed by atoms with Crippen molar-refractivity contribution in [2.45, 2.75) is 25.5 Å². The van der Waals surface area contributed by atoms with E-state index in [1.807, 2.05) is 43.5 Å². The Morgan fingerprint density at radius 1 is 1.48 bits per heavy atom. The number of carbonyl (C=O) groups is 2. The van der Waals surface area contributed by atoms with E-state index in [4.69, 9.17) is 17.0 Å². The molecule has 2 aliphatic rings. The molecule has 1 fully saturated rings. The van der Waals surface area contributed by atoms with Crippen molar-refractivity contribution in [3.63, 3.8) is 0 Å². The lowest BCUT2D eigenvalue weighted by Gasteiger charge is -2.23. The highest BCUT2D eigenvalue weighted by molar-refractivity contribution is 8.26. The van der Waals surface area contributed by atoms with E-state index in [1.165, 1.54) is 4.90 Å². The summed E-state index contributed by atoms with van der Waals surface area (Å²) in [5.74, 6) is 0.0483. The molecular formula is C19H19NO4S3. The lowest BCUT2D eigenvalue weighted by Crippen LogP contribution is -2.44. The third-order valence-corrected chi connectivity index (χ3v) is 6.30. The van der Waals surface area contributed by atoms with Crippen LogP contribution in [0.4, 0.5) is 0 Å². The number of amides is 1. The first kappa shape index (κ1) is 20.0. The second-order valence-electron chi connectivity index (χ2n) is 6.13. The van der Waals surface area contributed by atoms with Gasteiger partial charge in [0.15, 0.2) is 0 Å². The van der Waals surface area contributed by atoms with E-state index in [2.05, 4.69) is 0 Å². The minimum atomic E-state index is -1.04. The minimum Gasteiger partial charge on any atom is -0.485 e. The second kappa shape index (κ2) is 8.50. The Bertz CT molecular complexity index is 849. The van der Waals surface area contributed by atoms with Crippen molar-refractivity contribution < 1.29 is 19.4 Å². The number of carbonyl (C=O) groups excluding carboxylic acids is 1. The van der Waals surface area contributed by atoms with Crippen molar-refractivity contribution in [3.05, 3.63) is 46.4 Å². The van der Waals surface area contributed by atoms with Gasteiger partial charge in [0.1, 0.15) is 22.2 Å². The molecule has 2 aliphatic heterocycles. The largest absolute Gasteiger partial charge is 0.485 e. The number of fused-ring (bicyclic) bond motifs is 1. The van der Waals surface area contributed by atoms with Crippen molar-refractivity contribution in [2.24, 2.45) is 0 Å². The summed E-state index contributed by atoms with van der Waals surface area (Å²) < 4.78 is 6.19. The van der Waals surface area contributed by atoms with Crippen molar-refractivity contribution >= 4 is 58.0 Å².